The first-order chi connectivity index (χ1) is 10.1. The van der Waals surface area contributed by atoms with E-state index in [1.807, 2.05) is 26.0 Å². The zero-order chi connectivity index (χ0) is 15.2. The van der Waals surface area contributed by atoms with E-state index < -0.39 is 6.17 Å². The number of nitrogens with one attached hydrogen (secondary N) is 2. The fraction of sp³-hybridized carbons (Fsp3) is 0.600. The summed E-state index contributed by atoms with van der Waals surface area (Å²) in [6.45, 7) is 4.65. The SMILES string of the molecule is CCc1nc(C)ccc1OCC(=O)NCC1CC(F)CN1. The third-order valence-corrected chi connectivity index (χ3v) is 3.48. The van der Waals surface area contributed by atoms with Crippen molar-refractivity contribution in [1.29, 1.82) is 0 Å². The number of hydrogen-bond donors (Lipinski definition) is 2. The second-order valence-corrected chi connectivity index (χ2v) is 5.28. The lowest BCUT2D eigenvalue weighted by Gasteiger charge is -2.13. The third kappa shape index (κ3) is 4.67. The Bertz CT molecular complexity index is 496. The Morgan fingerprint density at radius 2 is 2.38 bits per heavy atom. The highest BCUT2D eigenvalue weighted by Gasteiger charge is 2.23. The molecule has 0 bridgehead atoms. The van der Waals surface area contributed by atoms with Crippen molar-refractivity contribution in [3.63, 3.8) is 0 Å². The average Bonchev–Trinajstić information content (AvgIpc) is 2.89. The van der Waals surface area contributed by atoms with Gasteiger partial charge in [-0.2, -0.15) is 0 Å². The number of aryl methyl sites for hydroxylation is 2. The number of hydrogen-bond acceptors (Lipinski definition) is 4. The molecule has 0 radical (unpaired) electrons. The minimum Gasteiger partial charge on any atom is -0.482 e. The van der Waals surface area contributed by atoms with E-state index in [0.29, 0.717) is 25.3 Å². The van der Waals surface area contributed by atoms with Gasteiger partial charge in [0, 0.05) is 24.8 Å². The Balaban J connectivity index is 1.76. The number of carbonyl (C=O) groups is 1. The summed E-state index contributed by atoms with van der Waals surface area (Å²) in [7, 11) is 0. The van der Waals surface area contributed by atoms with Crippen LogP contribution in [0.25, 0.3) is 0 Å². The molecule has 5 nitrogen and oxygen atoms in total. The van der Waals surface area contributed by atoms with E-state index >= 15 is 0 Å². The van der Waals surface area contributed by atoms with Crippen LogP contribution in [0, 0.1) is 6.92 Å². The molecule has 1 amide bonds. The molecule has 116 valence electrons. The molecule has 2 unspecified atom stereocenters. The molecule has 2 heterocycles. The second-order valence-electron chi connectivity index (χ2n) is 5.28. The van der Waals surface area contributed by atoms with Crippen molar-refractivity contribution < 1.29 is 13.9 Å². The lowest BCUT2D eigenvalue weighted by Crippen LogP contribution is -2.39. The summed E-state index contributed by atoms with van der Waals surface area (Å²) in [6, 6.07) is 3.70. The fourth-order valence-corrected chi connectivity index (χ4v) is 2.34. The molecule has 0 aromatic carbocycles. The van der Waals surface area contributed by atoms with Gasteiger partial charge in [0.25, 0.3) is 5.91 Å². The summed E-state index contributed by atoms with van der Waals surface area (Å²) in [4.78, 5) is 16.1. The number of carbonyl (C=O) groups excluding carboxylic acids is 1. The van der Waals surface area contributed by atoms with E-state index in [9.17, 15) is 9.18 Å². The summed E-state index contributed by atoms with van der Waals surface area (Å²) >= 11 is 0. The highest BCUT2D eigenvalue weighted by atomic mass is 19.1. The maximum absolute atomic E-state index is 13.0. The van der Waals surface area contributed by atoms with Crippen LogP contribution in [0.3, 0.4) is 0 Å². The lowest BCUT2D eigenvalue weighted by atomic mass is 10.2. The highest BCUT2D eigenvalue weighted by Crippen LogP contribution is 2.17. The molecule has 1 fully saturated rings. The van der Waals surface area contributed by atoms with Gasteiger partial charge in [0.1, 0.15) is 11.9 Å². The molecule has 2 atom stereocenters. The van der Waals surface area contributed by atoms with Crippen molar-refractivity contribution in [3.8, 4) is 5.75 Å². The normalized spacial score (nSPS) is 21.3. The van der Waals surface area contributed by atoms with E-state index in [1.54, 1.807) is 0 Å². The van der Waals surface area contributed by atoms with Crippen LogP contribution in [-0.2, 0) is 11.2 Å². The number of aromatic nitrogens is 1. The number of ether oxygens (including phenoxy) is 1. The molecule has 1 aliphatic heterocycles. The van der Waals surface area contributed by atoms with Crippen LogP contribution in [0.4, 0.5) is 4.39 Å². The first kappa shape index (κ1) is 15.7. The van der Waals surface area contributed by atoms with Gasteiger partial charge >= 0.3 is 0 Å². The topological polar surface area (TPSA) is 63.2 Å². The van der Waals surface area contributed by atoms with E-state index in [-0.39, 0.29) is 18.6 Å². The molecule has 21 heavy (non-hydrogen) atoms. The maximum Gasteiger partial charge on any atom is 0.257 e. The van der Waals surface area contributed by atoms with Gasteiger partial charge in [0.15, 0.2) is 6.61 Å². The number of halogens is 1. The molecule has 1 aromatic heterocycles. The van der Waals surface area contributed by atoms with Crippen molar-refractivity contribution in [1.82, 2.24) is 15.6 Å². The standard InChI is InChI=1S/C15H22FN3O2/c1-3-13-14(5-4-10(2)19-13)21-9-15(20)18-8-12-6-11(16)7-17-12/h4-5,11-12,17H,3,6-9H2,1-2H3,(H,18,20). The van der Waals surface area contributed by atoms with Crippen LogP contribution in [0.2, 0.25) is 0 Å². The molecule has 1 saturated heterocycles. The van der Waals surface area contributed by atoms with Crippen LogP contribution in [0.15, 0.2) is 12.1 Å². The number of nitrogens with zero attached hydrogens (tertiary/aromatic N) is 1. The number of amides is 1. The molecular formula is C15H22FN3O2. The van der Waals surface area contributed by atoms with E-state index in [0.717, 1.165) is 17.8 Å². The Labute approximate surface area is 124 Å². The summed E-state index contributed by atoms with van der Waals surface area (Å²) in [5, 5.41) is 5.77. The van der Waals surface area contributed by atoms with Crippen LogP contribution in [0.1, 0.15) is 24.7 Å². The van der Waals surface area contributed by atoms with Gasteiger partial charge in [0.05, 0.1) is 5.69 Å². The Kier molecular flexibility index (Phi) is 5.50. The van der Waals surface area contributed by atoms with Crippen molar-refractivity contribution in [3.05, 3.63) is 23.5 Å². The van der Waals surface area contributed by atoms with Crippen molar-refractivity contribution >= 4 is 5.91 Å². The second kappa shape index (κ2) is 7.36. The van der Waals surface area contributed by atoms with Gasteiger partial charge in [-0.15, -0.1) is 0 Å². The van der Waals surface area contributed by atoms with Gasteiger partial charge < -0.3 is 15.4 Å². The minimum absolute atomic E-state index is 0.0104. The monoisotopic (exact) mass is 295 g/mol. The van der Waals surface area contributed by atoms with Gasteiger partial charge in [0.2, 0.25) is 0 Å². The van der Waals surface area contributed by atoms with Crippen LogP contribution in [0.5, 0.6) is 5.75 Å². The van der Waals surface area contributed by atoms with Crippen LogP contribution >= 0.6 is 0 Å². The van der Waals surface area contributed by atoms with Crippen molar-refractivity contribution in [2.75, 3.05) is 19.7 Å². The van der Waals surface area contributed by atoms with Crippen molar-refractivity contribution in [2.24, 2.45) is 0 Å². The zero-order valence-corrected chi connectivity index (χ0v) is 12.5. The predicted molar refractivity (Wildman–Crippen MR) is 78.2 cm³/mol. The molecule has 0 aliphatic carbocycles. The van der Waals surface area contributed by atoms with E-state index in [2.05, 4.69) is 15.6 Å². The quantitative estimate of drug-likeness (QED) is 0.826. The smallest absolute Gasteiger partial charge is 0.257 e. The molecule has 0 spiro atoms. The zero-order valence-electron chi connectivity index (χ0n) is 12.5. The van der Waals surface area contributed by atoms with Crippen LogP contribution < -0.4 is 15.4 Å². The first-order valence-corrected chi connectivity index (χ1v) is 7.32. The maximum atomic E-state index is 13.0. The molecule has 0 saturated carbocycles. The summed E-state index contributed by atoms with van der Waals surface area (Å²) in [6.07, 6.45) is 0.389. The average molecular weight is 295 g/mol. The summed E-state index contributed by atoms with van der Waals surface area (Å²) < 4.78 is 18.5. The Hall–Kier alpha value is -1.69. The minimum atomic E-state index is -0.811. The third-order valence-electron chi connectivity index (χ3n) is 3.48. The van der Waals surface area contributed by atoms with Gasteiger partial charge in [-0.1, -0.05) is 6.92 Å². The van der Waals surface area contributed by atoms with Gasteiger partial charge in [-0.25, -0.2) is 4.39 Å². The molecule has 1 aromatic rings. The molecular weight excluding hydrogens is 273 g/mol. The van der Waals surface area contributed by atoms with E-state index in [1.165, 1.54) is 0 Å². The summed E-state index contributed by atoms with van der Waals surface area (Å²) in [5.74, 6) is 0.433. The Morgan fingerprint density at radius 1 is 1.57 bits per heavy atom. The number of pyridine rings is 1. The molecule has 2 rings (SSSR count). The van der Waals surface area contributed by atoms with Gasteiger partial charge in [-0.05, 0) is 31.9 Å². The number of alkyl halides is 1. The lowest BCUT2D eigenvalue weighted by molar-refractivity contribution is -0.123. The van der Waals surface area contributed by atoms with Crippen molar-refractivity contribution in [2.45, 2.75) is 38.9 Å². The molecule has 1 aliphatic rings. The van der Waals surface area contributed by atoms with Crippen LogP contribution in [-0.4, -0.2) is 42.8 Å². The summed E-state index contributed by atoms with van der Waals surface area (Å²) in [5.41, 5.74) is 1.78. The van der Waals surface area contributed by atoms with Gasteiger partial charge in [-0.3, -0.25) is 9.78 Å². The van der Waals surface area contributed by atoms with E-state index in [4.69, 9.17) is 4.74 Å². The first-order valence-electron chi connectivity index (χ1n) is 7.32. The Morgan fingerprint density at radius 3 is 3.05 bits per heavy atom. The highest BCUT2D eigenvalue weighted by molar-refractivity contribution is 5.77. The fourth-order valence-electron chi connectivity index (χ4n) is 2.34. The largest absolute Gasteiger partial charge is 0.482 e. The predicted octanol–water partition coefficient (Wildman–Crippen LogP) is 1.15. The molecule has 2 N–H and O–H groups in total. The molecule has 6 heteroatoms. The number of rotatable bonds is 6.